The number of anilines is 1. The zero-order valence-corrected chi connectivity index (χ0v) is 13.2. The predicted octanol–water partition coefficient (Wildman–Crippen LogP) is -0.297. The fraction of sp³-hybridized carbons (Fsp3) is 0.615. The summed E-state index contributed by atoms with van der Waals surface area (Å²) < 4.78 is 13.5. The Morgan fingerprint density at radius 3 is 3.08 bits per heavy atom. The summed E-state index contributed by atoms with van der Waals surface area (Å²) in [4.78, 5) is 29.3. The number of nitroso groups, excluding NO2 is 1. The fourth-order valence-electron chi connectivity index (χ4n) is 3.59. The van der Waals surface area contributed by atoms with Gasteiger partial charge in [-0.15, -0.1) is 0 Å². The van der Waals surface area contributed by atoms with Crippen molar-refractivity contribution in [3.8, 4) is 0 Å². The Labute approximate surface area is 136 Å². The van der Waals surface area contributed by atoms with Crippen molar-refractivity contribution >= 4 is 17.0 Å². The summed E-state index contributed by atoms with van der Waals surface area (Å²) >= 11 is 0. The highest BCUT2D eigenvalue weighted by Crippen LogP contribution is 2.45. The minimum absolute atomic E-state index is 0.0457. The number of hydrogen-bond donors (Lipinski definition) is 1. The number of nitrogens with zero attached hydrogens (tertiary/aromatic N) is 6. The molecule has 2 aromatic rings. The lowest BCUT2D eigenvalue weighted by atomic mass is 9.93. The van der Waals surface area contributed by atoms with Crippen LogP contribution in [0.4, 0.5) is 5.82 Å². The number of aromatic nitrogens is 4. The molecule has 0 aliphatic carbocycles. The monoisotopic (exact) mass is 335 g/mol. The van der Waals surface area contributed by atoms with Crippen molar-refractivity contribution in [2.45, 2.75) is 24.0 Å². The zero-order valence-electron chi connectivity index (χ0n) is 13.2. The van der Waals surface area contributed by atoms with E-state index in [1.54, 1.807) is 30.1 Å². The number of hydroxylamine groups is 2. The number of nitrogen functional groups attached to an aromatic ring is 1. The number of fused-ring (bicyclic) bond motifs is 3. The van der Waals surface area contributed by atoms with Crippen LogP contribution >= 0.6 is 0 Å². The minimum Gasteiger partial charge on any atom is -0.382 e. The molecule has 2 N–H and O–H groups in total. The molecule has 2 fully saturated rings. The van der Waals surface area contributed by atoms with Crippen LogP contribution in [0, 0.1) is 4.91 Å². The van der Waals surface area contributed by atoms with Gasteiger partial charge in [-0.1, -0.05) is 5.18 Å². The second-order valence-corrected chi connectivity index (χ2v) is 5.96. The third kappa shape index (κ3) is 2.02. The minimum atomic E-state index is -0.895. The second kappa shape index (κ2) is 5.41. The summed E-state index contributed by atoms with van der Waals surface area (Å²) in [6.07, 6.45) is 1.41. The molecule has 0 aromatic carbocycles. The van der Waals surface area contributed by atoms with Crippen LogP contribution in [-0.4, -0.2) is 69.6 Å². The van der Waals surface area contributed by atoms with E-state index in [4.69, 9.17) is 20.0 Å². The number of methoxy groups -OCH3 is 1. The molecule has 2 saturated heterocycles. The standard InChI is InChI=1S/C13H17N7O4/c1-19-4-13(3-18-21)9(22-2)8(24-19)12(23-13)20-6-17-7-10(14)15-5-16-11(7)20/h5-6,8-9,12H,3-4H2,1-2H3,(H2,14,15,16)/t8?,9?,12?,13-/m0/s1. The van der Waals surface area contributed by atoms with Crippen LogP contribution in [0.3, 0.4) is 0 Å². The molecule has 2 aliphatic rings. The Bertz CT molecular complexity index is 783. The average Bonchev–Trinajstić information content (AvgIpc) is 3.04. The first-order chi connectivity index (χ1) is 11.6. The Hall–Kier alpha value is -2.21. The predicted molar refractivity (Wildman–Crippen MR) is 81.6 cm³/mol. The van der Waals surface area contributed by atoms with Gasteiger partial charge in [-0.3, -0.25) is 9.40 Å². The smallest absolute Gasteiger partial charge is 0.168 e. The van der Waals surface area contributed by atoms with Crippen LogP contribution in [0.1, 0.15) is 6.23 Å². The summed E-state index contributed by atoms with van der Waals surface area (Å²) in [5.41, 5.74) is 5.94. The molecule has 3 unspecified atom stereocenters. The summed E-state index contributed by atoms with van der Waals surface area (Å²) in [7, 11) is 3.33. The third-order valence-corrected chi connectivity index (χ3v) is 4.49. The van der Waals surface area contributed by atoms with Crippen molar-refractivity contribution in [1.29, 1.82) is 0 Å². The number of nitrogens with two attached hydrogens (primary N) is 1. The number of imidazole rings is 1. The van der Waals surface area contributed by atoms with Gasteiger partial charge in [0.05, 0.1) is 12.9 Å². The van der Waals surface area contributed by atoms with Crippen molar-refractivity contribution in [2.75, 3.05) is 33.0 Å². The molecule has 0 spiro atoms. The van der Waals surface area contributed by atoms with Crippen LogP contribution in [-0.2, 0) is 14.3 Å². The largest absolute Gasteiger partial charge is 0.382 e. The molecule has 4 rings (SSSR count). The van der Waals surface area contributed by atoms with Crippen molar-refractivity contribution in [3.63, 3.8) is 0 Å². The molecule has 128 valence electrons. The normalized spacial score (nSPS) is 33.2. The van der Waals surface area contributed by atoms with E-state index < -0.39 is 24.0 Å². The van der Waals surface area contributed by atoms with Crippen molar-refractivity contribution in [1.82, 2.24) is 24.6 Å². The Kier molecular flexibility index (Phi) is 3.46. The topological polar surface area (TPSA) is 130 Å². The molecule has 4 atom stereocenters. The van der Waals surface area contributed by atoms with Crippen LogP contribution in [0.15, 0.2) is 17.8 Å². The van der Waals surface area contributed by atoms with Crippen LogP contribution in [0.25, 0.3) is 11.2 Å². The summed E-state index contributed by atoms with van der Waals surface area (Å²) in [6, 6.07) is 0. The second-order valence-electron chi connectivity index (χ2n) is 5.96. The first-order valence-corrected chi connectivity index (χ1v) is 7.40. The van der Waals surface area contributed by atoms with Gasteiger partial charge in [0.1, 0.15) is 30.1 Å². The number of likely N-dealkylation sites (N-methyl/N-ethyl adjacent to an activating group) is 1. The molecule has 2 aromatic heterocycles. The van der Waals surface area contributed by atoms with E-state index in [0.717, 1.165) is 0 Å². The Morgan fingerprint density at radius 1 is 1.50 bits per heavy atom. The molecule has 0 amide bonds. The van der Waals surface area contributed by atoms with E-state index in [9.17, 15) is 4.91 Å². The van der Waals surface area contributed by atoms with Gasteiger partial charge in [0.15, 0.2) is 23.8 Å². The van der Waals surface area contributed by atoms with Crippen molar-refractivity contribution in [2.24, 2.45) is 5.18 Å². The van der Waals surface area contributed by atoms with Crippen LogP contribution < -0.4 is 5.73 Å². The Balaban J connectivity index is 1.81. The van der Waals surface area contributed by atoms with E-state index in [1.807, 2.05) is 0 Å². The molecular weight excluding hydrogens is 318 g/mol. The number of rotatable bonds is 4. The fourth-order valence-corrected chi connectivity index (χ4v) is 3.59. The lowest BCUT2D eigenvalue weighted by molar-refractivity contribution is -0.255. The van der Waals surface area contributed by atoms with Gasteiger partial charge in [0.25, 0.3) is 0 Å². The molecule has 2 bridgehead atoms. The first kappa shape index (κ1) is 15.3. The molecule has 0 saturated carbocycles. The van der Waals surface area contributed by atoms with E-state index in [-0.39, 0.29) is 12.4 Å². The van der Waals surface area contributed by atoms with Gasteiger partial charge in [0, 0.05) is 14.2 Å². The molecule has 11 heteroatoms. The third-order valence-electron chi connectivity index (χ3n) is 4.49. The Morgan fingerprint density at radius 2 is 2.33 bits per heavy atom. The zero-order chi connectivity index (χ0) is 16.9. The van der Waals surface area contributed by atoms with E-state index in [2.05, 4.69) is 20.1 Å². The van der Waals surface area contributed by atoms with E-state index in [0.29, 0.717) is 17.7 Å². The first-order valence-electron chi connectivity index (χ1n) is 7.40. The van der Waals surface area contributed by atoms with Crippen LogP contribution in [0.5, 0.6) is 0 Å². The SMILES string of the molecule is COC1C2ON(C)C[C@]1(CN=O)OC2n1cnc2c(N)ncnc21. The van der Waals surface area contributed by atoms with Gasteiger partial charge < -0.3 is 15.2 Å². The van der Waals surface area contributed by atoms with Crippen molar-refractivity contribution < 1.29 is 14.3 Å². The van der Waals surface area contributed by atoms with Gasteiger partial charge >= 0.3 is 0 Å². The van der Waals surface area contributed by atoms with Crippen molar-refractivity contribution in [3.05, 3.63) is 17.6 Å². The molecule has 2 aliphatic heterocycles. The summed E-state index contributed by atoms with van der Waals surface area (Å²) in [6.45, 7) is 0.309. The molecular formula is C13H17N7O4. The van der Waals surface area contributed by atoms with Gasteiger partial charge in [-0.2, -0.15) is 9.97 Å². The maximum atomic E-state index is 11.0. The van der Waals surface area contributed by atoms with E-state index >= 15 is 0 Å². The van der Waals surface area contributed by atoms with Gasteiger partial charge in [-0.05, 0) is 0 Å². The van der Waals surface area contributed by atoms with Gasteiger partial charge in [0.2, 0.25) is 0 Å². The van der Waals surface area contributed by atoms with Crippen LogP contribution in [0.2, 0.25) is 0 Å². The molecule has 11 nitrogen and oxygen atoms in total. The number of hydrogen-bond acceptors (Lipinski definition) is 10. The highest BCUT2D eigenvalue weighted by molar-refractivity contribution is 5.81. The quantitative estimate of drug-likeness (QED) is 0.748. The van der Waals surface area contributed by atoms with Gasteiger partial charge in [-0.25, -0.2) is 15.0 Å². The lowest BCUT2D eigenvalue weighted by Gasteiger charge is -2.39. The number of ether oxygens (including phenoxy) is 2. The highest BCUT2D eigenvalue weighted by atomic mass is 16.7. The summed E-state index contributed by atoms with van der Waals surface area (Å²) in [5.74, 6) is 0.283. The molecule has 0 radical (unpaired) electrons. The van der Waals surface area contributed by atoms with E-state index in [1.165, 1.54) is 6.33 Å². The highest BCUT2D eigenvalue weighted by Gasteiger charge is 2.61. The maximum Gasteiger partial charge on any atom is 0.168 e. The average molecular weight is 335 g/mol. The molecule has 24 heavy (non-hydrogen) atoms. The summed E-state index contributed by atoms with van der Waals surface area (Å²) in [5, 5.41) is 4.68. The lowest BCUT2D eigenvalue weighted by Crippen LogP contribution is -2.59. The maximum absolute atomic E-state index is 11.0. The molecule has 4 heterocycles.